The van der Waals surface area contributed by atoms with Crippen LogP contribution in [0.4, 0.5) is 0 Å². The van der Waals surface area contributed by atoms with E-state index in [4.69, 9.17) is 18.9 Å². The number of hydrogen-bond acceptors (Lipinski definition) is 4. The van der Waals surface area contributed by atoms with E-state index in [1.54, 1.807) is 0 Å². The Bertz CT molecular complexity index is 357. The fourth-order valence-corrected chi connectivity index (χ4v) is 1.79. The highest BCUT2D eigenvalue weighted by Crippen LogP contribution is 2.20. The van der Waals surface area contributed by atoms with E-state index in [0.717, 1.165) is 22.2 Å². The van der Waals surface area contributed by atoms with Crippen LogP contribution in [0.2, 0.25) is 0 Å². The first kappa shape index (κ1) is 16.4. The quantitative estimate of drug-likeness (QED) is 0.373. The summed E-state index contributed by atoms with van der Waals surface area (Å²) in [7, 11) is 0. The lowest BCUT2D eigenvalue weighted by molar-refractivity contribution is -0.0572. The van der Waals surface area contributed by atoms with Crippen molar-refractivity contribution in [3.8, 4) is 5.75 Å². The van der Waals surface area contributed by atoms with E-state index in [1.165, 1.54) is 0 Å². The smallest absolute Gasteiger partial charge is 0.189 e. The number of hydrogen-bond donors (Lipinski definition) is 0. The summed E-state index contributed by atoms with van der Waals surface area (Å²) in [6, 6.07) is 6.02. The van der Waals surface area contributed by atoms with Crippen molar-refractivity contribution in [1.82, 2.24) is 0 Å². The van der Waals surface area contributed by atoms with E-state index in [0.29, 0.717) is 26.6 Å². The summed E-state index contributed by atoms with van der Waals surface area (Å²) < 4.78 is 21.3. The fraction of sp³-hybridized carbons (Fsp3) is 0.571. The van der Waals surface area contributed by atoms with Crippen molar-refractivity contribution >= 4 is 15.9 Å². The molecule has 0 atom stereocenters. The molecule has 0 N–H and O–H groups in total. The van der Waals surface area contributed by atoms with Crippen LogP contribution in [0.5, 0.6) is 5.75 Å². The molecule has 1 aromatic carbocycles. The third-order valence-electron chi connectivity index (χ3n) is 2.33. The van der Waals surface area contributed by atoms with Gasteiger partial charge in [-0.25, -0.2) is 0 Å². The molecule has 0 amide bonds. The van der Waals surface area contributed by atoms with Crippen LogP contribution >= 0.6 is 15.9 Å². The largest absolute Gasteiger partial charge is 0.468 e. The van der Waals surface area contributed by atoms with Crippen molar-refractivity contribution in [2.75, 3.05) is 26.8 Å². The summed E-state index contributed by atoms with van der Waals surface area (Å²) in [4.78, 5) is 0. The van der Waals surface area contributed by atoms with E-state index < -0.39 is 0 Å². The molecular formula is C14H21BrO4. The standard InChI is InChI=1S/C14H21BrO4/c1-3-16-10-18-9-13-5-12(8-15)6-14(7-13)19-11-17-4-2/h5-7H,3-4,8-11H2,1-2H3. The second-order valence-corrected chi connectivity index (χ2v) is 4.39. The molecule has 0 aliphatic heterocycles. The summed E-state index contributed by atoms with van der Waals surface area (Å²) in [6.07, 6.45) is 0. The Balaban J connectivity index is 2.55. The minimum absolute atomic E-state index is 0.265. The maximum atomic E-state index is 5.53. The zero-order chi connectivity index (χ0) is 13.9. The first-order valence-corrected chi connectivity index (χ1v) is 7.47. The van der Waals surface area contributed by atoms with Crippen LogP contribution in [0.15, 0.2) is 18.2 Å². The molecule has 1 aromatic rings. The molecule has 0 aromatic heterocycles. The Morgan fingerprint density at radius 2 is 1.58 bits per heavy atom. The molecule has 0 saturated heterocycles. The Morgan fingerprint density at radius 3 is 2.26 bits per heavy atom. The molecule has 0 aliphatic rings. The van der Waals surface area contributed by atoms with E-state index in [-0.39, 0.29) is 6.79 Å². The molecule has 0 unspecified atom stereocenters. The number of alkyl halides is 1. The van der Waals surface area contributed by atoms with Gasteiger partial charge in [0, 0.05) is 18.5 Å². The van der Waals surface area contributed by atoms with Gasteiger partial charge in [0.1, 0.15) is 12.5 Å². The summed E-state index contributed by atoms with van der Waals surface area (Å²) in [6.45, 7) is 6.25. The molecular weight excluding hydrogens is 312 g/mol. The lowest BCUT2D eigenvalue weighted by atomic mass is 10.1. The maximum Gasteiger partial charge on any atom is 0.189 e. The second-order valence-electron chi connectivity index (χ2n) is 3.83. The highest BCUT2D eigenvalue weighted by molar-refractivity contribution is 9.08. The Hall–Kier alpha value is -0.620. The summed E-state index contributed by atoms with van der Waals surface area (Å²) >= 11 is 3.45. The molecule has 0 heterocycles. The van der Waals surface area contributed by atoms with Gasteiger partial charge in [-0.1, -0.05) is 22.0 Å². The minimum Gasteiger partial charge on any atom is -0.468 e. The lowest BCUT2D eigenvalue weighted by Crippen LogP contribution is -2.04. The highest BCUT2D eigenvalue weighted by atomic mass is 79.9. The van der Waals surface area contributed by atoms with Gasteiger partial charge in [-0.15, -0.1) is 0 Å². The molecule has 19 heavy (non-hydrogen) atoms. The topological polar surface area (TPSA) is 36.9 Å². The van der Waals surface area contributed by atoms with Gasteiger partial charge in [0.05, 0.1) is 6.61 Å². The van der Waals surface area contributed by atoms with E-state index >= 15 is 0 Å². The van der Waals surface area contributed by atoms with Gasteiger partial charge in [0.25, 0.3) is 0 Å². The zero-order valence-electron chi connectivity index (χ0n) is 11.5. The van der Waals surface area contributed by atoms with Crippen LogP contribution in [-0.4, -0.2) is 26.8 Å². The van der Waals surface area contributed by atoms with Gasteiger partial charge in [0.2, 0.25) is 0 Å². The van der Waals surface area contributed by atoms with Crippen LogP contribution in [0.1, 0.15) is 25.0 Å². The molecule has 0 saturated carbocycles. The van der Waals surface area contributed by atoms with E-state index in [1.807, 2.05) is 26.0 Å². The van der Waals surface area contributed by atoms with E-state index in [2.05, 4.69) is 22.0 Å². The van der Waals surface area contributed by atoms with E-state index in [9.17, 15) is 0 Å². The molecule has 0 fully saturated rings. The fourth-order valence-electron chi connectivity index (χ4n) is 1.47. The number of rotatable bonds is 10. The number of halogens is 1. The molecule has 0 bridgehead atoms. The van der Waals surface area contributed by atoms with Crippen molar-refractivity contribution in [2.24, 2.45) is 0 Å². The number of benzene rings is 1. The van der Waals surface area contributed by atoms with Gasteiger partial charge in [-0.3, -0.25) is 0 Å². The van der Waals surface area contributed by atoms with Crippen LogP contribution in [0, 0.1) is 0 Å². The first-order chi connectivity index (χ1) is 9.30. The van der Waals surface area contributed by atoms with Gasteiger partial charge >= 0.3 is 0 Å². The average molecular weight is 333 g/mol. The normalized spacial score (nSPS) is 10.7. The molecule has 0 spiro atoms. The van der Waals surface area contributed by atoms with Crippen molar-refractivity contribution < 1.29 is 18.9 Å². The highest BCUT2D eigenvalue weighted by Gasteiger charge is 2.02. The summed E-state index contributed by atoms with van der Waals surface area (Å²) in [5.41, 5.74) is 2.20. The second kappa shape index (κ2) is 10.2. The molecule has 0 aliphatic carbocycles. The van der Waals surface area contributed by atoms with Gasteiger partial charge < -0.3 is 18.9 Å². The monoisotopic (exact) mass is 332 g/mol. The van der Waals surface area contributed by atoms with Crippen LogP contribution in [-0.2, 0) is 26.1 Å². The summed E-state index contributed by atoms with van der Waals surface area (Å²) in [5, 5.41) is 0.775. The first-order valence-electron chi connectivity index (χ1n) is 6.35. The third kappa shape index (κ3) is 6.92. The van der Waals surface area contributed by atoms with Crippen molar-refractivity contribution in [3.63, 3.8) is 0 Å². The molecule has 108 valence electrons. The summed E-state index contributed by atoms with van der Waals surface area (Å²) in [5.74, 6) is 0.792. The average Bonchev–Trinajstić information content (AvgIpc) is 2.44. The van der Waals surface area contributed by atoms with Crippen LogP contribution in [0.25, 0.3) is 0 Å². The molecule has 5 heteroatoms. The Morgan fingerprint density at radius 1 is 0.895 bits per heavy atom. The van der Waals surface area contributed by atoms with Gasteiger partial charge in [-0.2, -0.15) is 0 Å². The molecule has 4 nitrogen and oxygen atoms in total. The lowest BCUT2D eigenvalue weighted by Gasteiger charge is -2.10. The van der Waals surface area contributed by atoms with Crippen LogP contribution < -0.4 is 4.74 Å². The predicted molar refractivity (Wildman–Crippen MR) is 77.5 cm³/mol. The predicted octanol–water partition coefficient (Wildman–Crippen LogP) is 3.46. The van der Waals surface area contributed by atoms with Gasteiger partial charge in [0.15, 0.2) is 6.79 Å². The zero-order valence-corrected chi connectivity index (χ0v) is 13.1. The van der Waals surface area contributed by atoms with Crippen LogP contribution in [0.3, 0.4) is 0 Å². The molecule has 1 rings (SSSR count). The van der Waals surface area contributed by atoms with Crippen molar-refractivity contribution in [1.29, 1.82) is 0 Å². The SMILES string of the molecule is CCOCOCc1cc(CBr)cc(OCOCC)c1. The minimum atomic E-state index is 0.265. The maximum absolute atomic E-state index is 5.53. The van der Waals surface area contributed by atoms with Crippen molar-refractivity contribution in [2.45, 2.75) is 25.8 Å². The third-order valence-corrected chi connectivity index (χ3v) is 2.98. The van der Waals surface area contributed by atoms with Crippen molar-refractivity contribution in [3.05, 3.63) is 29.3 Å². The van der Waals surface area contributed by atoms with Gasteiger partial charge in [-0.05, 0) is 37.1 Å². The Labute approximate surface area is 123 Å². The number of ether oxygens (including phenoxy) is 4. The molecule has 0 radical (unpaired) electrons. The Kier molecular flexibility index (Phi) is 8.82.